The van der Waals surface area contributed by atoms with Gasteiger partial charge in [-0.2, -0.15) is 0 Å². The molecule has 0 bridgehead atoms. The predicted molar refractivity (Wildman–Crippen MR) is 108 cm³/mol. The Labute approximate surface area is 156 Å². The molecular formula is C22H31N3O. The lowest BCUT2D eigenvalue weighted by molar-refractivity contribution is 0.0654. The Morgan fingerprint density at radius 1 is 1.12 bits per heavy atom. The fraction of sp³-hybridized carbons (Fsp3) is 0.591. The van der Waals surface area contributed by atoms with Crippen LogP contribution in [0.25, 0.3) is 10.9 Å². The molecule has 0 radical (unpaired) electrons. The van der Waals surface area contributed by atoms with E-state index in [0.717, 1.165) is 37.6 Å². The van der Waals surface area contributed by atoms with Gasteiger partial charge in [-0.25, -0.2) is 4.98 Å². The summed E-state index contributed by atoms with van der Waals surface area (Å²) < 4.78 is 5.79. The van der Waals surface area contributed by atoms with Crippen LogP contribution >= 0.6 is 0 Å². The molecule has 1 N–H and O–H groups in total. The maximum absolute atomic E-state index is 5.79. The van der Waals surface area contributed by atoms with Gasteiger partial charge in [0.15, 0.2) is 0 Å². The zero-order valence-electron chi connectivity index (χ0n) is 16.3. The number of benzene rings is 1. The molecule has 4 nitrogen and oxygen atoms in total. The first-order chi connectivity index (χ1) is 12.6. The van der Waals surface area contributed by atoms with E-state index in [9.17, 15) is 0 Å². The highest BCUT2D eigenvalue weighted by molar-refractivity contribution is 5.87. The zero-order valence-corrected chi connectivity index (χ0v) is 16.3. The number of likely N-dealkylation sites (tertiary alicyclic amines) is 1. The van der Waals surface area contributed by atoms with Crippen molar-refractivity contribution in [2.75, 3.05) is 31.6 Å². The van der Waals surface area contributed by atoms with Crippen molar-refractivity contribution < 1.29 is 4.74 Å². The molecule has 0 spiro atoms. The normalized spacial score (nSPS) is 22.2. The first-order valence-corrected chi connectivity index (χ1v) is 10.1. The van der Waals surface area contributed by atoms with Crippen LogP contribution in [-0.2, 0) is 4.74 Å². The van der Waals surface area contributed by atoms with Crippen molar-refractivity contribution in [2.24, 2.45) is 0 Å². The van der Waals surface area contributed by atoms with Crippen LogP contribution in [0.5, 0.6) is 0 Å². The summed E-state index contributed by atoms with van der Waals surface area (Å²) in [6, 6.07) is 7.12. The highest BCUT2D eigenvalue weighted by Crippen LogP contribution is 2.26. The zero-order chi connectivity index (χ0) is 18.1. The van der Waals surface area contributed by atoms with Crippen molar-refractivity contribution in [1.82, 2.24) is 9.88 Å². The summed E-state index contributed by atoms with van der Waals surface area (Å²) in [5.41, 5.74) is 5.05. The van der Waals surface area contributed by atoms with E-state index >= 15 is 0 Å². The largest absolute Gasteiger partial charge is 0.377 e. The minimum absolute atomic E-state index is 0.468. The Kier molecular flexibility index (Phi) is 5.14. The third kappa shape index (κ3) is 3.72. The molecule has 2 saturated heterocycles. The number of hydrogen-bond acceptors (Lipinski definition) is 4. The Balaban J connectivity index is 1.41. The SMILES string of the molecule is Cc1ccc2c(C)cc(NC3CCN(CC4CCCO4)CC3)nc2c1C. The second-order valence-corrected chi connectivity index (χ2v) is 8.08. The van der Waals surface area contributed by atoms with E-state index < -0.39 is 0 Å². The smallest absolute Gasteiger partial charge is 0.127 e. The van der Waals surface area contributed by atoms with E-state index in [1.54, 1.807) is 0 Å². The fourth-order valence-electron chi connectivity index (χ4n) is 4.32. The van der Waals surface area contributed by atoms with Gasteiger partial charge < -0.3 is 15.0 Å². The number of piperidine rings is 1. The molecule has 0 aliphatic carbocycles. The van der Waals surface area contributed by atoms with E-state index in [-0.39, 0.29) is 0 Å². The van der Waals surface area contributed by atoms with Crippen LogP contribution in [0.15, 0.2) is 18.2 Å². The van der Waals surface area contributed by atoms with Crippen molar-refractivity contribution in [3.05, 3.63) is 34.9 Å². The van der Waals surface area contributed by atoms with Crippen LogP contribution in [0.4, 0.5) is 5.82 Å². The topological polar surface area (TPSA) is 37.4 Å². The lowest BCUT2D eigenvalue weighted by Gasteiger charge is -2.33. The molecule has 2 aromatic rings. The minimum Gasteiger partial charge on any atom is -0.377 e. The number of aromatic nitrogens is 1. The number of hydrogen-bond donors (Lipinski definition) is 1. The van der Waals surface area contributed by atoms with E-state index in [1.165, 1.54) is 47.8 Å². The summed E-state index contributed by atoms with van der Waals surface area (Å²) in [4.78, 5) is 7.52. The van der Waals surface area contributed by atoms with Crippen LogP contribution in [0.2, 0.25) is 0 Å². The Hall–Kier alpha value is -1.65. The second kappa shape index (κ2) is 7.53. The average molecular weight is 354 g/mol. The van der Waals surface area contributed by atoms with Gasteiger partial charge in [0.25, 0.3) is 0 Å². The summed E-state index contributed by atoms with van der Waals surface area (Å²) in [5.74, 6) is 1.03. The van der Waals surface area contributed by atoms with Crippen molar-refractivity contribution >= 4 is 16.7 Å². The monoisotopic (exact) mass is 353 g/mol. The first kappa shape index (κ1) is 17.7. The Morgan fingerprint density at radius 2 is 1.92 bits per heavy atom. The van der Waals surface area contributed by atoms with Gasteiger partial charge in [-0.15, -0.1) is 0 Å². The predicted octanol–water partition coefficient (Wildman–Crippen LogP) is 4.22. The lowest BCUT2D eigenvalue weighted by atomic mass is 10.0. The van der Waals surface area contributed by atoms with Gasteiger partial charge >= 0.3 is 0 Å². The summed E-state index contributed by atoms with van der Waals surface area (Å²) in [7, 11) is 0. The van der Waals surface area contributed by atoms with Gasteiger partial charge in [-0.1, -0.05) is 12.1 Å². The van der Waals surface area contributed by atoms with Gasteiger partial charge in [-0.05, 0) is 69.2 Å². The van der Waals surface area contributed by atoms with Gasteiger partial charge in [0.1, 0.15) is 5.82 Å². The molecule has 26 heavy (non-hydrogen) atoms. The number of pyridine rings is 1. The maximum atomic E-state index is 5.79. The molecule has 1 aromatic carbocycles. The molecule has 3 heterocycles. The first-order valence-electron chi connectivity index (χ1n) is 10.1. The molecule has 2 fully saturated rings. The molecule has 0 saturated carbocycles. The van der Waals surface area contributed by atoms with Crippen LogP contribution in [0.1, 0.15) is 42.4 Å². The van der Waals surface area contributed by atoms with Gasteiger partial charge in [0.2, 0.25) is 0 Å². The lowest BCUT2D eigenvalue weighted by Crippen LogP contribution is -2.42. The van der Waals surface area contributed by atoms with E-state index in [2.05, 4.69) is 49.2 Å². The quantitative estimate of drug-likeness (QED) is 0.893. The van der Waals surface area contributed by atoms with Crippen LogP contribution in [-0.4, -0.2) is 48.3 Å². The van der Waals surface area contributed by atoms with Gasteiger partial charge in [0, 0.05) is 37.7 Å². The van der Waals surface area contributed by atoms with Gasteiger partial charge in [0.05, 0.1) is 11.6 Å². The van der Waals surface area contributed by atoms with Crippen molar-refractivity contribution in [3.8, 4) is 0 Å². The highest BCUT2D eigenvalue weighted by Gasteiger charge is 2.24. The van der Waals surface area contributed by atoms with Crippen LogP contribution in [0, 0.1) is 20.8 Å². The van der Waals surface area contributed by atoms with Crippen molar-refractivity contribution in [1.29, 1.82) is 0 Å². The molecule has 140 valence electrons. The molecule has 2 aliphatic heterocycles. The molecule has 1 aromatic heterocycles. The number of anilines is 1. The van der Waals surface area contributed by atoms with Crippen molar-refractivity contribution in [2.45, 2.75) is 58.6 Å². The number of ether oxygens (including phenoxy) is 1. The summed E-state index contributed by atoms with van der Waals surface area (Å²) in [5, 5.41) is 4.97. The van der Waals surface area contributed by atoms with E-state index in [1.807, 2.05) is 0 Å². The molecule has 1 atom stereocenters. The Bertz CT molecular complexity index is 775. The summed E-state index contributed by atoms with van der Waals surface area (Å²) in [6.45, 7) is 10.9. The summed E-state index contributed by atoms with van der Waals surface area (Å²) in [6.07, 6.45) is 5.29. The van der Waals surface area contributed by atoms with Crippen LogP contribution < -0.4 is 5.32 Å². The fourth-order valence-corrected chi connectivity index (χ4v) is 4.32. The average Bonchev–Trinajstić information content (AvgIpc) is 3.13. The van der Waals surface area contributed by atoms with Gasteiger partial charge in [-0.3, -0.25) is 0 Å². The molecule has 0 amide bonds. The molecular weight excluding hydrogens is 322 g/mol. The maximum Gasteiger partial charge on any atom is 0.127 e. The number of fused-ring (bicyclic) bond motifs is 1. The second-order valence-electron chi connectivity index (χ2n) is 8.08. The molecule has 1 unspecified atom stereocenters. The Morgan fingerprint density at radius 3 is 2.65 bits per heavy atom. The highest BCUT2D eigenvalue weighted by atomic mass is 16.5. The molecule has 4 rings (SSSR count). The number of rotatable bonds is 4. The summed E-state index contributed by atoms with van der Waals surface area (Å²) >= 11 is 0. The van der Waals surface area contributed by atoms with Crippen molar-refractivity contribution in [3.63, 3.8) is 0 Å². The third-order valence-corrected chi connectivity index (χ3v) is 6.14. The molecule has 2 aliphatic rings. The van der Waals surface area contributed by atoms with E-state index in [0.29, 0.717) is 12.1 Å². The molecule has 4 heteroatoms. The standard InChI is InChI=1S/C22H31N3O/c1-15-6-7-20-16(2)13-21(24-22(20)17(15)3)23-18-8-10-25(11-9-18)14-19-5-4-12-26-19/h6-7,13,18-19H,4-5,8-12,14H2,1-3H3,(H,23,24). The van der Waals surface area contributed by atoms with E-state index in [4.69, 9.17) is 9.72 Å². The number of nitrogens with zero attached hydrogens (tertiary/aromatic N) is 2. The number of aryl methyl sites for hydroxylation is 3. The number of nitrogens with one attached hydrogen (secondary N) is 1. The van der Waals surface area contributed by atoms with Crippen LogP contribution in [0.3, 0.4) is 0 Å². The third-order valence-electron chi connectivity index (χ3n) is 6.14. The minimum atomic E-state index is 0.468.